The fourth-order valence-electron chi connectivity index (χ4n) is 2.57. The lowest BCUT2D eigenvalue weighted by molar-refractivity contribution is -0.127. The number of carbonyl (C=O) groups excluding carboxylic acids is 1. The fourth-order valence-corrected chi connectivity index (χ4v) is 2.57. The summed E-state index contributed by atoms with van der Waals surface area (Å²) in [5.74, 6) is 1.38. The van der Waals surface area contributed by atoms with Crippen LogP contribution in [0.1, 0.15) is 30.5 Å². The van der Waals surface area contributed by atoms with Crippen molar-refractivity contribution in [1.82, 2.24) is 5.32 Å². The molecule has 2 aromatic carbocycles. The highest BCUT2D eigenvalue weighted by molar-refractivity contribution is 5.80. The Kier molecular flexibility index (Phi) is 6.87. The van der Waals surface area contributed by atoms with Crippen LogP contribution in [0, 0.1) is 13.8 Å². The van der Waals surface area contributed by atoms with Gasteiger partial charge in [0.25, 0.3) is 5.91 Å². The summed E-state index contributed by atoms with van der Waals surface area (Å²) in [6.45, 7) is 8.75. The topological polar surface area (TPSA) is 47.6 Å². The van der Waals surface area contributed by atoms with E-state index in [1.807, 2.05) is 50.2 Å². The molecule has 1 atom stereocenters. The number of rotatable bonds is 8. The maximum atomic E-state index is 12.1. The Hall–Kier alpha value is -2.49. The summed E-state index contributed by atoms with van der Waals surface area (Å²) < 4.78 is 11.4. The van der Waals surface area contributed by atoms with Crippen molar-refractivity contribution in [3.63, 3.8) is 0 Å². The van der Waals surface area contributed by atoms with Gasteiger partial charge in [0.05, 0.1) is 6.54 Å². The molecule has 0 aliphatic carbocycles. The largest absolute Gasteiger partial charge is 0.492 e. The van der Waals surface area contributed by atoms with Gasteiger partial charge < -0.3 is 14.8 Å². The van der Waals surface area contributed by atoms with Crippen LogP contribution in [0.5, 0.6) is 11.5 Å². The molecule has 25 heavy (non-hydrogen) atoms. The zero-order chi connectivity index (χ0) is 18.2. The third-order valence-electron chi connectivity index (χ3n) is 3.88. The summed E-state index contributed by atoms with van der Waals surface area (Å²) in [4.78, 5) is 12.1. The van der Waals surface area contributed by atoms with Gasteiger partial charge in [-0.05, 0) is 68.1 Å². The van der Waals surface area contributed by atoms with E-state index in [9.17, 15) is 4.79 Å². The third kappa shape index (κ3) is 6.14. The lowest BCUT2D eigenvalue weighted by Gasteiger charge is -2.16. The molecule has 0 unspecified atom stereocenters. The first-order chi connectivity index (χ1) is 12.0. The zero-order valence-corrected chi connectivity index (χ0v) is 15.5. The second-order valence-electron chi connectivity index (χ2n) is 6.22. The van der Waals surface area contributed by atoms with Crippen molar-refractivity contribution >= 4 is 5.91 Å². The van der Waals surface area contributed by atoms with E-state index in [0.717, 1.165) is 23.3 Å². The Morgan fingerprint density at radius 2 is 1.68 bits per heavy atom. The average Bonchev–Trinajstić information content (AvgIpc) is 2.58. The number of hydrogen-bond acceptors (Lipinski definition) is 3. The first-order valence-corrected chi connectivity index (χ1v) is 8.72. The van der Waals surface area contributed by atoms with Gasteiger partial charge >= 0.3 is 0 Å². The normalized spacial score (nSPS) is 11.7. The van der Waals surface area contributed by atoms with Crippen molar-refractivity contribution in [1.29, 1.82) is 0 Å². The molecule has 1 amide bonds. The van der Waals surface area contributed by atoms with Gasteiger partial charge in [-0.25, -0.2) is 0 Å². The van der Waals surface area contributed by atoms with Gasteiger partial charge in [0.1, 0.15) is 18.1 Å². The molecule has 134 valence electrons. The summed E-state index contributed by atoms with van der Waals surface area (Å²) >= 11 is 0. The quantitative estimate of drug-likeness (QED) is 0.742. The van der Waals surface area contributed by atoms with Crippen LogP contribution < -0.4 is 14.8 Å². The molecular formula is C21H27NO3. The molecule has 0 saturated carbocycles. The van der Waals surface area contributed by atoms with E-state index < -0.39 is 6.10 Å². The van der Waals surface area contributed by atoms with Crippen molar-refractivity contribution in [2.24, 2.45) is 0 Å². The first-order valence-electron chi connectivity index (χ1n) is 8.72. The maximum absolute atomic E-state index is 12.1. The molecule has 0 aliphatic heterocycles. The van der Waals surface area contributed by atoms with Crippen LogP contribution in [0.25, 0.3) is 0 Å². The minimum atomic E-state index is -0.551. The summed E-state index contributed by atoms with van der Waals surface area (Å²) in [7, 11) is 0. The molecular weight excluding hydrogens is 314 g/mol. The van der Waals surface area contributed by atoms with Crippen molar-refractivity contribution < 1.29 is 14.3 Å². The number of benzene rings is 2. The molecule has 0 aromatic heterocycles. The van der Waals surface area contributed by atoms with E-state index in [0.29, 0.717) is 18.9 Å². The Bertz CT molecular complexity index is 675. The van der Waals surface area contributed by atoms with Crippen LogP contribution >= 0.6 is 0 Å². The molecule has 4 heteroatoms. The predicted molar refractivity (Wildman–Crippen MR) is 100 cm³/mol. The van der Waals surface area contributed by atoms with E-state index in [1.54, 1.807) is 6.92 Å². The van der Waals surface area contributed by atoms with Gasteiger partial charge in [-0.2, -0.15) is 0 Å². The molecule has 0 radical (unpaired) electrons. The summed E-state index contributed by atoms with van der Waals surface area (Å²) in [5.41, 5.74) is 3.51. The highest BCUT2D eigenvalue weighted by atomic mass is 16.5. The van der Waals surface area contributed by atoms with Gasteiger partial charge in [-0.3, -0.25) is 4.79 Å². The number of ether oxygens (including phenoxy) is 2. The number of amides is 1. The number of aryl methyl sites for hydroxylation is 3. The molecule has 0 fully saturated rings. The molecule has 2 aromatic rings. The lowest BCUT2D eigenvalue weighted by Crippen LogP contribution is -2.38. The van der Waals surface area contributed by atoms with E-state index in [-0.39, 0.29) is 5.91 Å². The highest BCUT2D eigenvalue weighted by Crippen LogP contribution is 2.17. The Morgan fingerprint density at radius 1 is 1.04 bits per heavy atom. The minimum Gasteiger partial charge on any atom is -0.492 e. The van der Waals surface area contributed by atoms with E-state index in [1.165, 1.54) is 5.56 Å². The smallest absolute Gasteiger partial charge is 0.260 e. The van der Waals surface area contributed by atoms with Gasteiger partial charge in [-0.15, -0.1) is 0 Å². The van der Waals surface area contributed by atoms with Crippen molar-refractivity contribution in [3.8, 4) is 11.5 Å². The van der Waals surface area contributed by atoms with Gasteiger partial charge in [0, 0.05) is 0 Å². The zero-order valence-electron chi connectivity index (χ0n) is 15.5. The highest BCUT2D eigenvalue weighted by Gasteiger charge is 2.14. The Balaban J connectivity index is 1.73. The van der Waals surface area contributed by atoms with E-state index in [2.05, 4.69) is 18.3 Å². The fraction of sp³-hybridized carbons (Fsp3) is 0.381. The van der Waals surface area contributed by atoms with Crippen LogP contribution in [0.2, 0.25) is 0 Å². The Labute approximate surface area is 150 Å². The molecule has 0 spiro atoms. The molecule has 0 saturated heterocycles. The minimum absolute atomic E-state index is 0.149. The molecule has 0 bridgehead atoms. The summed E-state index contributed by atoms with van der Waals surface area (Å²) in [6.07, 6.45) is 0.458. The molecule has 4 nitrogen and oxygen atoms in total. The van der Waals surface area contributed by atoms with Crippen LogP contribution in [-0.2, 0) is 11.2 Å². The Morgan fingerprint density at radius 3 is 2.28 bits per heavy atom. The number of hydrogen-bond donors (Lipinski definition) is 1. The van der Waals surface area contributed by atoms with Gasteiger partial charge in [-0.1, -0.05) is 25.1 Å². The van der Waals surface area contributed by atoms with Gasteiger partial charge in [0.2, 0.25) is 0 Å². The second kappa shape index (κ2) is 9.11. The number of carbonyl (C=O) groups is 1. The van der Waals surface area contributed by atoms with Crippen molar-refractivity contribution in [3.05, 3.63) is 59.2 Å². The SMILES string of the molecule is CCc1ccc(OCCNC(=O)[C@@H](C)Oc2cc(C)cc(C)c2)cc1. The van der Waals surface area contributed by atoms with Crippen LogP contribution in [0.15, 0.2) is 42.5 Å². The molecule has 2 rings (SSSR count). The third-order valence-corrected chi connectivity index (χ3v) is 3.88. The van der Waals surface area contributed by atoms with E-state index >= 15 is 0 Å². The first kappa shape index (κ1) is 18.8. The average molecular weight is 341 g/mol. The van der Waals surface area contributed by atoms with Crippen molar-refractivity contribution in [2.75, 3.05) is 13.2 Å². The summed E-state index contributed by atoms with van der Waals surface area (Å²) in [5, 5.41) is 2.84. The molecule has 0 aliphatic rings. The predicted octanol–water partition coefficient (Wildman–Crippen LogP) is 3.83. The van der Waals surface area contributed by atoms with Gasteiger partial charge in [0.15, 0.2) is 6.10 Å². The monoisotopic (exact) mass is 341 g/mol. The second-order valence-corrected chi connectivity index (χ2v) is 6.22. The number of nitrogens with one attached hydrogen (secondary N) is 1. The molecule has 0 heterocycles. The standard InChI is InChI=1S/C21H27NO3/c1-5-18-6-8-19(9-7-18)24-11-10-22-21(23)17(4)25-20-13-15(2)12-16(3)14-20/h6-9,12-14,17H,5,10-11H2,1-4H3,(H,22,23)/t17-/m1/s1. The van der Waals surface area contributed by atoms with Crippen LogP contribution in [-0.4, -0.2) is 25.2 Å². The van der Waals surface area contributed by atoms with Crippen molar-refractivity contribution in [2.45, 2.75) is 40.2 Å². The molecule has 1 N–H and O–H groups in total. The van der Waals surface area contributed by atoms with Crippen LogP contribution in [0.4, 0.5) is 0 Å². The lowest BCUT2D eigenvalue weighted by atomic mass is 10.1. The maximum Gasteiger partial charge on any atom is 0.260 e. The van der Waals surface area contributed by atoms with E-state index in [4.69, 9.17) is 9.47 Å². The summed E-state index contributed by atoms with van der Waals surface area (Å²) in [6, 6.07) is 13.9. The van der Waals surface area contributed by atoms with Crippen LogP contribution in [0.3, 0.4) is 0 Å².